The number of halogens is 1. The van der Waals surface area contributed by atoms with Crippen LogP contribution >= 0.6 is 0 Å². The van der Waals surface area contributed by atoms with Gasteiger partial charge in [-0.3, -0.25) is 14.5 Å². The Morgan fingerprint density at radius 1 is 1.10 bits per heavy atom. The van der Waals surface area contributed by atoms with E-state index >= 15 is 0 Å². The summed E-state index contributed by atoms with van der Waals surface area (Å²) in [6, 6.07) is 7.17. The normalized spacial score (nSPS) is 15.8. The highest BCUT2D eigenvalue weighted by Crippen LogP contribution is 2.15. The Hall–Kier alpha value is -2.94. The van der Waals surface area contributed by atoms with Crippen LogP contribution in [0.4, 0.5) is 10.2 Å². The molecule has 162 valence electrons. The number of nitrogens with one attached hydrogen (secondary N) is 1. The van der Waals surface area contributed by atoms with Crippen molar-refractivity contribution in [1.29, 1.82) is 0 Å². The zero-order chi connectivity index (χ0) is 21.7. The number of rotatable bonds is 7. The minimum absolute atomic E-state index is 0.0964. The molecule has 1 aliphatic heterocycles. The highest BCUT2D eigenvalue weighted by Gasteiger charge is 2.28. The van der Waals surface area contributed by atoms with Crippen LogP contribution in [0.15, 0.2) is 36.5 Å². The van der Waals surface area contributed by atoms with E-state index in [4.69, 9.17) is 4.74 Å². The van der Waals surface area contributed by atoms with Gasteiger partial charge in [0, 0.05) is 38.3 Å². The number of carbonyl (C=O) groups is 2. The van der Waals surface area contributed by atoms with Crippen LogP contribution in [0.25, 0.3) is 0 Å². The molecule has 0 bridgehead atoms. The van der Waals surface area contributed by atoms with Crippen molar-refractivity contribution in [3.8, 4) is 5.75 Å². The molecule has 0 radical (unpaired) electrons. The predicted molar refractivity (Wildman–Crippen MR) is 111 cm³/mol. The number of benzene rings is 1. The maximum absolute atomic E-state index is 12.9. The average Bonchev–Trinajstić information content (AvgIpc) is 3.21. The minimum atomic E-state index is -0.350. The van der Waals surface area contributed by atoms with Crippen LogP contribution in [0, 0.1) is 5.82 Å². The average molecular weight is 417 g/mol. The Balaban J connectivity index is 1.45. The molecule has 30 heavy (non-hydrogen) atoms. The van der Waals surface area contributed by atoms with Gasteiger partial charge in [-0.15, -0.1) is 0 Å². The van der Waals surface area contributed by atoms with E-state index in [1.165, 1.54) is 24.3 Å². The second-order valence-electron chi connectivity index (χ2n) is 7.58. The lowest BCUT2D eigenvalue weighted by molar-refractivity contribution is -0.135. The SMILES string of the molecule is CC(C(=O)Nc1ccnn1C(C)C)N1CCN(C(=O)COc2ccc(F)cc2)CC1. The third kappa shape index (κ3) is 5.35. The third-order valence-electron chi connectivity index (χ3n) is 5.18. The smallest absolute Gasteiger partial charge is 0.260 e. The van der Waals surface area contributed by atoms with E-state index < -0.39 is 0 Å². The van der Waals surface area contributed by atoms with Crippen LogP contribution in [-0.4, -0.2) is 70.2 Å². The summed E-state index contributed by atoms with van der Waals surface area (Å²) in [5.74, 6) is 0.549. The molecule has 2 aromatic rings. The van der Waals surface area contributed by atoms with Gasteiger partial charge in [0.2, 0.25) is 5.91 Å². The molecule has 1 aliphatic rings. The summed E-state index contributed by atoms with van der Waals surface area (Å²) in [5.41, 5.74) is 0. The summed E-state index contributed by atoms with van der Waals surface area (Å²) in [7, 11) is 0. The molecule has 9 heteroatoms. The number of aromatic nitrogens is 2. The molecule has 1 atom stereocenters. The van der Waals surface area contributed by atoms with Crippen molar-refractivity contribution in [3.63, 3.8) is 0 Å². The molecule has 1 aromatic heterocycles. The fourth-order valence-electron chi connectivity index (χ4n) is 3.35. The first-order chi connectivity index (χ1) is 14.3. The molecule has 0 spiro atoms. The lowest BCUT2D eigenvalue weighted by atomic mass is 10.2. The Labute approximate surface area is 175 Å². The van der Waals surface area contributed by atoms with Crippen LogP contribution in [-0.2, 0) is 9.59 Å². The maximum atomic E-state index is 12.9. The second-order valence-corrected chi connectivity index (χ2v) is 7.58. The van der Waals surface area contributed by atoms with E-state index in [1.807, 2.05) is 20.8 Å². The molecule has 0 saturated carbocycles. The van der Waals surface area contributed by atoms with Crippen molar-refractivity contribution >= 4 is 17.6 Å². The van der Waals surface area contributed by atoms with Gasteiger partial charge in [-0.2, -0.15) is 5.10 Å². The van der Waals surface area contributed by atoms with Crippen molar-refractivity contribution in [2.45, 2.75) is 32.9 Å². The largest absolute Gasteiger partial charge is 0.484 e. The van der Waals surface area contributed by atoms with Gasteiger partial charge in [-0.05, 0) is 45.0 Å². The Kier molecular flexibility index (Phi) is 7.04. The van der Waals surface area contributed by atoms with E-state index in [0.29, 0.717) is 37.7 Å². The van der Waals surface area contributed by atoms with Crippen LogP contribution < -0.4 is 10.1 Å². The highest BCUT2D eigenvalue weighted by atomic mass is 19.1. The van der Waals surface area contributed by atoms with Crippen molar-refractivity contribution in [3.05, 3.63) is 42.3 Å². The number of piperazine rings is 1. The predicted octanol–water partition coefficient (Wildman–Crippen LogP) is 2.15. The molecule has 1 N–H and O–H groups in total. The van der Waals surface area contributed by atoms with E-state index in [0.717, 1.165) is 0 Å². The molecule has 2 amide bonds. The number of anilines is 1. The topological polar surface area (TPSA) is 79.7 Å². The van der Waals surface area contributed by atoms with Gasteiger partial charge in [0.05, 0.1) is 12.2 Å². The first-order valence-corrected chi connectivity index (χ1v) is 10.1. The molecule has 8 nitrogen and oxygen atoms in total. The summed E-state index contributed by atoms with van der Waals surface area (Å²) >= 11 is 0. The summed E-state index contributed by atoms with van der Waals surface area (Å²) in [6.45, 7) is 8.01. The third-order valence-corrected chi connectivity index (χ3v) is 5.18. The zero-order valence-corrected chi connectivity index (χ0v) is 17.5. The fourth-order valence-corrected chi connectivity index (χ4v) is 3.35. The van der Waals surface area contributed by atoms with E-state index in [-0.39, 0.29) is 36.3 Å². The molecular weight excluding hydrogens is 389 g/mol. The number of hydrogen-bond donors (Lipinski definition) is 1. The number of carbonyl (C=O) groups excluding carboxylic acids is 2. The monoisotopic (exact) mass is 417 g/mol. The zero-order valence-electron chi connectivity index (χ0n) is 17.5. The van der Waals surface area contributed by atoms with Gasteiger partial charge >= 0.3 is 0 Å². The van der Waals surface area contributed by atoms with Crippen molar-refractivity contribution in [1.82, 2.24) is 19.6 Å². The number of ether oxygens (including phenoxy) is 1. The molecule has 2 heterocycles. The van der Waals surface area contributed by atoms with Gasteiger partial charge in [0.1, 0.15) is 17.4 Å². The standard InChI is InChI=1S/C21H28FN5O3/c1-15(2)27-19(8-9-23-27)24-21(29)16(3)25-10-12-26(13-11-25)20(28)14-30-18-6-4-17(22)5-7-18/h4-9,15-16H,10-14H2,1-3H3,(H,24,29). The van der Waals surface area contributed by atoms with Gasteiger partial charge in [0.15, 0.2) is 6.61 Å². The number of nitrogens with zero attached hydrogens (tertiary/aromatic N) is 4. The first kappa shape index (κ1) is 21.8. The van der Waals surface area contributed by atoms with E-state index in [2.05, 4.69) is 15.3 Å². The second kappa shape index (κ2) is 9.71. The van der Waals surface area contributed by atoms with Gasteiger partial charge in [0.25, 0.3) is 5.91 Å². The Bertz CT molecular complexity index is 860. The van der Waals surface area contributed by atoms with E-state index in [1.54, 1.807) is 21.8 Å². The van der Waals surface area contributed by atoms with Crippen LogP contribution in [0.2, 0.25) is 0 Å². The summed E-state index contributed by atoms with van der Waals surface area (Å²) in [5, 5.41) is 7.17. The van der Waals surface area contributed by atoms with Gasteiger partial charge in [-0.25, -0.2) is 9.07 Å². The Morgan fingerprint density at radius 2 is 1.77 bits per heavy atom. The summed E-state index contributed by atoms with van der Waals surface area (Å²) in [4.78, 5) is 28.8. The molecule has 3 rings (SSSR count). The highest BCUT2D eigenvalue weighted by molar-refractivity contribution is 5.93. The van der Waals surface area contributed by atoms with Gasteiger partial charge < -0.3 is 15.0 Å². The van der Waals surface area contributed by atoms with Crippen LogP contribution in [0.3, 0.4) is 0 Å². The van der Waals surface area contributed by atoms with Gasteiger partial charge in [-0.1, -0.05) is 0 Å². The molecular formula is C21H28FN5O3. The Morgan fingerprint density at radius 3 is 2.40 bits per heavy atom. The van der Waals surface area contributed by atoms with Crippen LogP contribution in [0.1, 0.15) is 26.8 Å². The molecule has 1 unspecified atom stereocenters. The maximum Gasteiger partial charge on any atom is 0.260 e. The molecule has 1 saturated heterocycles. The molecule has 0 aliphatic carbocycles. The first-order valence-electron chi connectivity index (χ1n) is 10.1. The number of hydrogen-bond acceptors (Lipinski definition) is 5. The summed E-state index contributed by atoms with van der Waals surface area (Å²) < 4.78 is 20.1. The van der Waals surface area contributed by atoms with Crippen molar-refractivity contribution < 1.29 is 18.7 Å². The van der Waals surface area contributed by atoms with E-state index in [9.17, 15) is 14.0 Å². The number of amides is 2. The van der Waals surface area contributed by atoms with Crippen LogP contribution in [0.5, 0.6) is 5.75 Å². The summed E-state index contributed by atoms with van der Waals surface area (Å²) in [6.07, 6.45) is 1.67. The lowest BCUT2D eigenvalue weighted by Crippen LogP contribution is -2.54. The quantitative estimate of drug-likeness (QED) is 0.747. The lowest BCUT2D eigenvalue weighted by Gasteiger charge is -2.37. The van der Waals surface area contributed by atoms with Crippen molar-refractivity contribution in [2.75, 3.05) is 38.1 Å². The van der Waals surface area contributed by atoms with Crippen molar-refractivity contribution in [2.24, 2.45) is 0 Å². The fraction of sp³-hybridized carbons (Fsp3) is 0.476. The molecule has 1 fully saturated rings. The molecule has 1 aromatic carbocycles. The minimum Gasteiger partial charge on any atom is -0.484 e.